The molecule has 6 atom stereocenters. The summed E-state index contributed by atoms with van der Waals surface area (Å²) in [5.74, 6) is 3.41. The van der Waals surface area contributed by atoms with Crippen molar-refractivity contribution in [1.82, 2.24) is 0 Å². The van der Waals surface area contributed by atoms with Crippen LogP contribution in [0.5, 0.6) is 0 Å². The Morgan fingerprint density at radius 1 is 0.611 bits per heavy atom. The summed E-state index contributed by atoms with van der Waals surface area (Å²) in [4.78, 5) is 0. The molecule has 5 aliphatic carbocycles. The van der Waals surface area contributed by atoms with Gasteiger partial charge in [-0.3, -0.25) is 0 Å². The number of allylic oxidation sites excluding steroid dienone is 2. The molecular weight excluding hydrogens is 488 g/mol. The molecule has 0 aromatic rings. The number of halogens is 4. The fourth-order valence-electron chi connectivity index (χ4n) is 5.41. The first kappa shape index (κ1) is 12.2. The van der Waals surface area contributed by atoms with E-state index in [0.717, 1.165) is 23.7 Å². The Hall–Kier alpha value is 1.66. The van der Waals surface area contributed by atoms with E-state index in [4.69, 9.17) is 0 Å². The third-order valence-electron chi connectivity index (χ3n) is 6.78. The molecule has 18 heavy (non-hydrogen) atoms. The van der Waals surface area contributed by atoms with Crippen molar-refractivity contribution in [2.75, 3.05) is 0 Å². The Morgan fingerprint density at radius 2 is 0.889 bits per heavy atom. The van der Waals surface area contributed by atoms with E-state index in [-0.39, 0.29) is 6.47 Å². The predicted molar refractivity (Wildman–Crippen MR) is 87.6 cm³/mol. The number of alkyl halides is 4. The van der Waals surface area contributed by atoms with Gasteiger partial charge in [0, 0.05) is 0 Å². The molecule has 0 radical (unpaired) electrons. The van der Waals surface area contributed by atoms with Crippen LogP contribution in [0.2, 0.25) is 0 Å². The van der Waals surface area contributed by atoms with E-state index in [0.29, 0.717) is 10.8 Å². The molecule has 0 bridgehead atoms. The summed E-state index contributed by atoms with van der Waals surface area (Å²) >= 11 is 15.6. The quantitative estimate of drug-likeness (QED) is 0.300. The van der Waals surface area contributed by atoms with Gasteiger partial charge in [0.2, 0.25) is 0 Å². The Morgan fingerprint density at radius 3 is 1.11 bits per heavy atom. The maximum atomic E-state index is 3.91. The van der Waals surface area contributed by atoms with Crippen molar-refractivity contribution in [3.63, 3.8) is 0 Å². The van der Waals surface area contributed by atoms with Gasteiger partial charge in [0.05, 0.1) is 6.47 Å². The third kappa shape index (κ3) is 1.14. The van der Waals surface area contributed by atoms with Gasteiger partial charge in [-0.25, -0.2) is 0 Å². The highest BCUT2D eigenvalue weighted by molar-refractivity contribution is 9.26. The van der Waals surface area contributed by atoms with Gasteiger partial charge in [-0.05, 0) is 60.2 Å². The molecular formula is C14H14Br4. The van der Waals surface area contributed by atoms with Gasteiger partial charge in [0.15, 0.2) is 0 Å². The van der Waals surface area contributed by atoms with Crippen LogP contribution < -0.4 is 0 Å². The molecule has 5 rings (SSSR count). The summed E-state index contributed by atoms with van der Waals surface area (Å²) in [6.45, 7) is 0. The molecule has 0 aliphatic heterocycles. The maximum Gasteiger partial charge on any atom is 0.0869 e. The van der Waals surface area contributed by atoms with Crippen molar-refractivity contribution >= 4 is 63.7 Å². The Balaban J connectivity index is 1.55. The van der Waals surface area contributed by atoms with Crippen molar-refractivity contribution in [3.05, 3.63) is 12.2 Å². The largest absolute Gasteiger partial charge is 0.0869 e. The molecule has 4 fully saturated rings. The van der Waals surface area contributed by atoms with E-state index in [1.165, 1.54) is 25.7 Å². The van der Waals surface area contributed by atoms with Gasteiger partial charge in [-0.2, -0.15) is 0 Å². The van der Waals surface area contributed by atoms with Gasteiger partial charge in [0.1, 0.15) is 0 Å². The zero-order chi connectivity index (χ0) is 12.6. The Kier molecular flexibility index (Phi) is 2.07. The summed E-state index contributed by atoms with van der Waals surface area (Å²) in [5.41, 5.74) is 1.06. The van der Waals surface area contributed by atoms with Crippen LogP contribution in [0.25, 0.3) is 0 Å². The maximum absolute atomic E-state index is 3.91. The predicted octanol–water partition coefficient (Wildman–Crippen LogP) is 5.58. The summed E-state index contributed by atoms with van der Waals surface area (Å²) < 4.78 is 0.543. The number of hydrogen-bond acceptors (Lipinski definition) is 0. The van der Waals surface area contributed by atoms with Gasteiger partial charge >= 0.3 is 0 Å². The average molecular weight is 502 g/mol. The first-order chi connectivity index (χ1) is 8.33. The second-order valence-corrected chi connectivity index (χ2v) is 14.6. The summed E-state index contributed by atoms with van der Waals surface area (Å²) in [6.07, 6.45) is 10.7. The highest BCUT2D eigenvalue weighted by atomic mass is 79.9. The fraction of sp³-hybridized carbons (Fsp3) is 0.857. The molecule has 0 heterocycles. The molecule has 0 amide bonds. The highest BCUT2D eigenvalue weighted by Gasteiger charge is 2.79. The van der Waals surface area contributed by atoms with Crippen LogP contribution in [0.15, 0.2) is 12.2 Å². The number of hydrogen-bond donors (Lipinski definition) is 0. The molecule has 0 nitrogen and oxygen atoms in total. The lowest BCUT2D eigenvalue weighted by atomic mass is 9.44. The summed E-state index contributed by atoms with van der Waals surface area (Å²) in [6, 6.07) is 0. The fourth-order valence-corrected chi connectivity index (χ4v) is 8.73. The number of fused-ring (bicyclic) bond motifs is 2. The Bertz CT molecular complexity index is 420. The zero-order valence-electron chi connectivity index (χ0n) is 9.80. The molecule has 0 aromatic carbocycles. The monoisotopic (exact) mass is 498 g/mol. The lowest BCUT2D eigenvalue weighted by Gasteiger charge is -2.59. The average Bonchev–Trinajstić information content (AvgIpc) is 2.99. The molecule has 5 aliphatic rings. The van der Waals surface area contributed by atoms with E-state index in [1.807, 2.05) is 0 Å². The van der Waals surface area contributed by atoms with Crippen molar-refractivity contribution in [2.24, 2.45) is 34.5 Å². The molecule has 4 heteroatoms. The van der Waals surface area contributed by atoms with Crippen LogP contribution in [-0.2, 0) is 0 Å². The summed E-state index contributed by atoms with van der Waals surface area (Å²) in [5, 5.41) is 0. The van der Waals surface area contributed by atoms with Crippen LogP contribution in [0, 0.1) is 34.5 Å². The molecule has 0 N–H and O–H groups in total. The lowest BCUT2D eigenvalue weighted by Crippen LogP contribution is -2.51. The molecule has 2 unspecified atom stereocenters. The highest BCUT2D eigenvalue weighted by Crippen LogP contribution is 2.85. The third-order valence-corrected chi connectivity index (χ3v) is 11.5. The van der Waals surface area contributed by atoms with Crippen molar-refractivity contribution in [2.45, 2.75) is 32.2 Å². The molecule has 98 valence electrons. The molecule has 0 aromatic heterocycles. The van der Waals surface area contributed by atoms with E-state index < -0.39 is 0 Å². The van der Waals surface area contributed by atoms with Crippen LogP contribution in [0.3, 0.4) is 0 Å². The van der Waals surface area contributed by atoms with Gasteiger partial charge in [-0.15, -0.1) is 0 Å². The van der Waals surface area contributed by atoms with Crippen LogP contribution in [-0.4, -0.2) is 6.47 Å². The minimum atomic E-state index is 0.271. The smallest absolute Gasteiger partial charge is 0.0808 e. The normalized spacial score (nSPS) is 63.8. The topological polar surface area (TPSA) is 0 Å². The second kappa shape index (κ2) is 3.05. The molecule has 4 saturated carbocycles. The van der Waals surface area contributed by atoms with Gasteiger partial charge in [-0.1, -0.05) is 75.9 Å². The van der Waals surface area contributed by atoms with Crippen molar-refractivity contribution in [3.8, 4) is 0 Å². The standard InChI is InChI=1S/C14H14Br4/c15-13(16)7-3-11-1-2-12(11,5-9(7)13)6-10-8(4-11)14(10,17)18/h1-2,7-10H,3-6H2/t7-,8+,9+,10-,11?,12?. The molecule has 0 saturated heterocycles. The van der Waals surface area contributed by atoms with Crippen LogP contribution in [0.4, 0.5) is 0 Å². The first-order valence-corrected chi connectivity index (χ1v) is 9.96. The zero-order valence-corrected chi connectivity index (χ0v) is 16.1. The van der Waals surface area contributed by atoms with Crippen molar-refractivity contribution < 1.29 is 0 Å². The Labute approximate surface area is 141 Å². The second-order valence-electron chi connectivity index (χ2n) is 7.24. The van der Waals surface area contributed by atoms with E-state index in [1.54, 1.807) is 0 Å². The molecule has 0 spiro atoms. The first-order valence-electron chi connectivity index (χ1n) is 6.79. The van der Waals surface area contributed by atoms with E-state index in [2.05, 4.69) is 75.9 Å². The minimum Gasteiger partial charge on any atom is -0.0808 e. The lowest BCUT2D eigenvalue weighted by molar-refractivity contribution is -0.0139. The van der Waals surface area contributed by atoms with Crippen molar-refractivity contribution in [1.29, 1.82) is 0 Å². The van der Waals surface area contributed by atoms with Gasteiger partial charge < -0.3 is 0 Å². The van der Waals surface area contributed by atoms with E-state index >= 15 is 0 Å². The minimum absolute atomic E-state index is 0.271. The van der Waals surface area contributed by atoms with Crippen LogP contribution >= 0.6 is 63.7 Å². The SMILES string of the molecule is BrC1(Br)[C@@H]2CC34C=CC3(C[C@@H]3[C@H](C4)C3(Br)Br)C[C@@H]21. The van der Waals surface area contributed by atoms with Gasteiger partial charge in [0.25, 0.3) is 0 Å². The van der Waals surface area contributed by atoms with E-state index in [9.17, 15) is 0 Å². The summed E-state index contributed by atoms with van der Waals surface area (Å²) in [7, 11) is 0. The van der Waals surface area contributed by atoms with Crippen LogP contribution in [0.1, 0.15) is 25.7 Å². The number of rotatable bonds is 0.